The van der Waals surface area contributed by atoms with Gasteiger partial charge in [0.2, 0.25) is 0 Å². The van der Waals surface area contributed by atoms with Crippen molar-refractivity contribution in [1.82, 2.24) is 0 Å². The summed E-state index contributed by atoms with van der Waals surface area (Å²) in [6.07, 6.45) is 0. The highest BCUT2D eigenvalue weighted by Gasteiger charge is 2.20. The zero-order valence-corrected chi connectivity index (χ0v) is 10.4. The molecule has 2 aromatic carbocycles. The van der Waals surface area contributed by atoms with E-state index in [1.54, 1.807) is 30.3 Å². The molecule has 4 N–H and O–H groups in total. The Morgan fingerprint density at radius 3 is 2.40 bits per heavy atom. The summed E-state index contributed by atoms with van der Waals surface area (Å²) in [6, 6.07) is 12.7. The normalized spacial score (nSPS) is 9.85. The van der Waals surface area contributed by atoms with Crippen LogP contribution in [0.2, 0.25) is 0 Å². The summed E-state index contributed by atoms with van der Waals surface area (Å²) in [5, 5.41) is 13.5. The van der Waals surface area contributed by atoms with Crippen LogP contribution in [0.3, 0.4) is 0 Å². The van der Waals surface area contributed by atoms with Crippen molar-refractivity contribution >= 4 is 23.0 Å². The Balaban J connectivity index is 2.35. The van der Waals surface area contributed by atoms with E-state index in [9.17, 15) is 14.9 Å². The van der Waals surface area contributed by atoms with Gasteiger partial charge >= 0.3 is 0 Å². The topological polar surface area (TPSA) is 110 Å². The zero-order chi connectivity index (χ0) is 14.5. The molecule has 0 heterocycles. The van der Waals surface area contributed by atoms with Crippen LogP contribution in [0.25, 0.3) is 0 Å². The molecule has 0 fully saturated rings. The maximum atomic E-state index is 12.1. The zero-order valence-electron chi connectivity index (χ0n) is 10.4. The molecule has 2 rings (SSSR count). The maximum Gasteiger partial charge on any atom is 0.282 e. The van der Waals surface area contributed by atoms with Crippen molar-refractivity contribution in [2.45, 2.75) is 0 Å². The van der Waals surface area contributed by atoms with Crippen LogP contribution in [-0.2, 0) is 0 Å². The molecular formula is C13H12N4O3. The third-order valence-corrected chi connectivity index (χ3v) is 2.64. The van der Waals surface area contributed by atoms with Crippen LogP contribution in [0.1, 0.15) is 10.4 Å². The molecule has 0 aromatic heterocycles. The fourth-order valence-electron chi connectivity index (χ4n) is 1.69. The van der Waals surface area contributed by atoms with E-state index < -0.39 is 10.8 Å². The van der Waals surface area contributed by atoms with Gasteiger partial charge in [-0.2, -0.15) is 0 Å². The molecule has 0 aliphatic rings. The first-order valence-electron chi connectivity index (χ1n) is 5.73. The van der Waals surface area contributed by atoms with Crippen LogP contribution in [0.4, 0.5) is 17.1 Å². The lowest BCUT2D eigenvalue weighted by atomic mass is 10.1. The molecule has 1 amide bonds. The van der Waals surface area contributed by atoms with Crippen molar-refractivity contribution in [1.29, 1.82) is 0 Å². The van der Waals surface area contributed by atoms with E-state index in [2.05, 4.69) is 10.7 Å². The molecule has 0 aliphatic heterocycles. The molecule has 0 aliphatic carbocycles. The third kappa shape index (κ3) is 2.90. The number of hydrazine groups is 1. The monoisotopic (exact) mass is 272 g/mol. The number of nitrogens with zero attached hydrogens (tertiary/aromatic N) is 1. The second kappa shape index (κ2) is 5.81. The van der Waals surface area contributed by atoms with Crippen LogP contribution in [0, 0.1) is 10.1 Å². The fraction of sp³-hybridized carbons (Fsp3) is 0. The summed E-state index contributed by atoms with van der Waals surface area (Å²) in [5.74, 6) is 4.68. The van der Waals surface area contributed by atoms with E-state index in [4.69, 9.17) is 5.84 Å². The lowest BCUT2D eigenvalue weighted by Gasteiger charge is -2.07. The summed E-state index contributed by atoms with van der Waals surface area (Å²) >= 11 is 0. The van der Waals surface area contributed by atoms with Gasteiger partial charge in [-0.3, -0.25) is 20.8 Å². The Labute approximate surface area is 114 Å². The Kier molecular flexibility index (Phi) is 3.92. The number of hydrogen-bond donors (Lipinski definition) is 3. The molecule has 20 heavy (non-hydrogen) atoms. The number of hydrogen-bond acceptors (Lipinski definition) is 5. The summed E-state index contributed by atoms with van der Waals surface area (Å²) in [4.78, 5) is 22.5. The summed E-state index contributed by atoms with van der Waals surface area (Å²) in [7, 11) is 0. The minimum Gasteiger partial charge on any atom is -0.324 e. The molecule has 0 bridgehead atoms. The number of para-hydroxylation sites is 1. The van der Waals surface area contributed by atoms with Gasteiger partial charge in [-0.1, -0.05) is 18.2 Å². The Morgan fingerprint density at radius 2 is 1.80 bits per heavy atom. The number of amides is 1. The minimum atomic E-state index is -0.611. The molecule has 102 valence electrons. The van der Waals surface area contributed by atoms with Crippen molar-refractivity contribution in [3.63, 3.8) is 0 Å². The first-order valence-corrected chi connectivity index (χ1v) is 5.73. The van der Waals surface area contributed by atoms with Gasteiger partial charge < -0.3 is 10.7 Å². The van der Waals surface area contributed by atoms with Crippen LogP contribution in [0.5, 0.6) is 0 Å². The van der Waals surface area contributed by atoms with Crippen molar-refractivity contribution < 1.29 is 9.72 Å². The molecule has 7 heteroatoms. The number of nitro groups is 1. The van der Waals surface area contributed by atoms with Gasteiger partial charge in [0.15, 0.2) is 0 Å². The molecule has 0 saturated heterocycles. The van der Waals surface area contributed by atoms with Crippen molar-refractivity contribution in [3.8, 4) is 0 Å². The summed E-state index contributed by atoms with van der Waals surface area (Å²) in [5.41, 5.74) is 2.97. The largest absolute Gasteiger partial charge is 0.324 e. The van der Waals surface area contributed by atoms with Gasteiger partial charge in [-0.05, 0) is 24.3 Å². The van der Waals surface area contributed by atoms with Gasteiger partial charge in [0.05, 0.1) is 4.92 Å². The van der Waals surface area contributed by atoms with E-state index in [1.807, 2.05) is 0 Å². The van der Waals surface area contributed by atoms with E-state index >= 15 is 0 Å². The van der Waals surface area contributed by atoms with Crippen LogP contribution < -0.4 is 16.6 Å². The number of rotatable bonds is 4. The first-order chi connectivity index (χ1) is 9.61. The van der Waals surface area contributed by atoms with Gasteiger partial charge in [0, 0.05) is 17.4 Å². The molecular weight excluding hydrogens is 260 g/mol. The van der Waals surface area contributed by atoms with E-state index in [1.165, 1.54) is 18.2 Å². The number of carbonyl (C=O) groups excluding carboxylic acids is 1. The number of nitro benzene ring substituents is 1. The predicted octanol–water partition coefficient (Wildman–Crippen LogP) is 2.13. The molecule has 7 nitrogen and oxygen atoms in total. The van der Waals surface area contributed by atoms with Gasteiger partial charge in [0.25, 0.3) is 11.6 Å². The standard InChI is InChI=1S/C13H12N4O3/c14-16-10-6-7-12(17(19)20)11(8-10)13(18)15-9-4-2-1-3-5-9/h1-8,16H,14H2,(H,15,18). The fourth-order valence-corrected chi connectivity index (χ4v) is 1.69. The Bertz CT molecular complexity index is 643. The number of nitrogens with two attached hydrogens (primary N) is 1. The molecule has 0 unspecified atom stereocenters. The summed E-state index contributed by atoms with van der Waals surface area (Å²) in [6.45, 7) is 0. The van der Waals surface area contributed by atoms with Gasteiger partial charge in [-0.15, -0.1) is 0 Å². The van der Waals surface area contributed by atoms with Crippen LogP contribution in [0.15, 0.2) is 48.5 Å². The maximum absolute atomic E-state index is 12.1. The number of benzene rings is 2. The van der Waals surface area contributed by atoms with Crippen LogP contribution >= 0.6 is 0 Å². The molecule has 0 radical (unpaired) electrons. The lowest BCUT2D eigenvalue weighted by Crippen LogP contribution is -2.15. The van der Waals surface area contributed by atoms with E-state index in [0.717, 1.165) is 0 Å². The molecule has 0 saturated carbocycles. The molecule has 0 spiro atoms. The second-order valence-electron chi connectivity index (χ2n) is 3.95. The van der Waals surface area contributed by atoms with Gasteiger partial charge in [0.1, 0.15) is 5.56 Å². The SMILES string of the molecule is NNc1ccc([N+](=O)[O-])c(C(=O)Nc2ccccc2)c1. The Hall–Kier alpha value is -2.93. The number of carbonyl (C=O) groups is 1. The second-order valence-corrected chi connectivity index (χ2v) is 3.95. The van der Waals surface area contributed by atoms with Crippen molar-refractivity contribution in [2.75, 3.05) is 10.7 Å². The minimum absolute atomic E-state index is 0.0608. The molecule has 2 aromatic rings. The first kappa shape index (κ1) is 13.5. The highest BCUT2D eigenvalue weighted by molar-refractivity contribution is 6.07. The highest BCUT2D eigenvalue weighted by Crippen LogP contribution is 2.23. The summed E-state index contributed by atoms with van der Waals surface area (Å²) < 4.78 is 0. The molecule has 0 atom stereocenters. The Morgan fingerprint density at radius 1 is 1.10 bits per heavy atom. The third-order valence-electron chi connectivity index (χ3n) is 2.64. The number of nitrogen functional groups attached to an aromatic ring is 1. The van der Waals surface area contributed by atoms with Crippen LogP contribution in [-0.4, -0.2) is 10.8 Å². The van der Waals surface area contributed by atoms with E-state index in [-0.39, 0.29) is 11.3 Å². The number of anilines is 2. The van der Waals surface area contributed by atoms with Gasteiger partial charge in [-0.25, -0.2) is 0 Å². The van der Waals surface area contributed by atoms with Crippen molar-refractivity contribution in [2.24, 2.45) is 5.84 Å². The van der Waals surface area contributed by atoms with E-state index in [0.29, 0.717) is 11.4 Å². The quantitative estimate of drug-likeness (QED) is 0.448. The number of nitrogens with one attached hydrogen (secondary N) is 2. The predicted molar refractivity (Wildman–Crippen MR) is 75.3 cm³/mol. The average Bonchev–Trinajstić information content (AvgIpc) is 2.47. The van der Waals surface area contributed by atoms with Crippen molar-refractivity contribution in [3.05, 3.63) is 64.2 Å². The highest BCUT2D eigenvalue weighted by atomic mass is 16.6. The smallest absolute Gasteiger partial charge is 0.282 e. The lowest BCUT2D eigenvalue weighted by molar-refractivity contribution is -0.385. The average molecular weight is 272 g/mol.